The maximum Gasteiger partial charge on any atom is 0.214 e. The standard InChI is InChI=1S/C21H24N2O3/c1-21(2)18-7-5-6-8-19(18)22(3)20(21)13-16(14-23(24)25)15-9-11-17(26-4)12-10-15/h5-13,16H,14H2,1-4H3/b20-13-/t16-/m1/s1. The summed E-state index contributed by atoms with van der Waals surface area (Å²) >= 11 is 0. The first-order valence-corrected chi connectivity index (χ1v) is 8.66. The Bertz CT molecular complexity index is 841. The van der Waals surface area contributed by atoms with E-state index >= 15 is 0 Å². The predicted octanol–water partition coefficient (Wildman–Crippen LogP) is 4.37. The minimum absolute atomic E-state index is 0.143. The fourth-order valence-corrected chi connectivity index (χ4v) is 3.76. The van der Waals surface area contributed by atoms with E-state index in [9.17, 15) is 10.1 Å². The Morgan fingerprint density at radius 1 is 1.19 bits per heavy atom. The second kappa shape index (κ2) is 6.83. The van der Waals surface area contributed by atoms with Crippen LogP contribution in [0.1, 0.15) is 30.9 Å². The van der Waals surface area contributed by atoms with Gasteiger partial charge in [0.1, 0.15) is 5.75 Å². The first kappa shape index (κ1) is 18.0. The number of nitro groups is 1. The first-order chi connectivity index (χ1) is 12.3. The molecule has 0 radical (unpaired) electrons. The molecule has 1 atom stereocenters. The van der Waals surface area contributed by atoms with E-state index < -0.39 is 0 Å². The van der Waals surface area contributed by atoms with E-state index in [1.165, 1.54) is 5.56 Å². The highest BCUT2D eigenvalue weighted by molar-refractivity contribution is 5.70. The van der Waals surface area contributed by atoms with Gasteiger partial charge in [-0.3, -0.25) is 10.1 Å². The number of ether oxygens (including phenoxy) is 1. The molecule has 0 aromatic heterocycles. The number of likely N-dealkylation sites (N-methyl/N-ethyl adjacent to an activating group) is 1. The number of hydrogen-bond donors (Lipinski definition) is 0. The number of fused-ring (bicyclic) bond motifs is 1. The molecule has 0 saturated heterocycles. The van der Waals surface area contributed by atoms with Gasteiger partial charge in [-0.15, -0.1) is 0 Å². The minimum Gasteiger partial charge on any atom is -0.497 e. The van der Waals surface area contributed by atoms with E-state index in [0.29, 0.717) is 0 Å². The van der Waals surface area contributed by atoms with Gasteiger partial charge in [-0.05, 0) is 29.3 Å². The minimum atomic E-state index is -0.304. The Hall–Kier alpha value is -2.82. The number of allylic oxidation sites excluding steroid dienone is 1. The second-order valence-corrected chi connectivity index (χ2v) is 7.15. The van der Waals surface area contributed by atoms with Gasteiger partial charge in [0.05, 0.1) is 13.0 Å². The van der Waals surface area contributed by atoms with Gasteiger partial charge in [0.25, 0.3) is 0 Å². The molecule has 26 heavy (non-hydrogen) atoms. The Morgan fingerprint density at radius 2 is 1.85 bits per heavy atom. The summed E-state index contributed by atoms with van der Waals surface area (Å²) in [5, 5.41) is 11.3. The van der Waals surface area contributed by atoms with Crippen LogP contribution in [-0.2, 0) is 5.41 Å². The molecule has 0 saturated carbocycles. The largest absolute Gasteiger partial charge is 0.497 e. The number of anilines is 1. The lowest BCUT2D eigenvalue weighted by molar-refractivity contribution is -0.481. The molecule has 136 valence electrons. The molecule has 1 aliphatic rings. The Labute approximate surface area is 154 Å². The molecular formula is C21H24N2O3. The van der Waals surface area contributed by atoms with Crippen LogP contribution in [0.15, 0.2) is 60.3 Å². The molecule has 0 amide bonds. The van der Waals surface area contributed by atoms with Crippen LogP contribution in [0.3, 0.4) is 0 Å². The molecule has 0 aliphatic carbocycles. The third-order valence-electron chi connectivity index (χ3n) is 5.19. The highest BCUT2D eigenvalue weighted by atomic mass is 16.6. The lowest BCUT2D eigenvalue weighted by atomic mass is 9.82. The van der Waals surface area contributed by atoms with Crippen molar-refractivity contribution in [3.05, 3.63) is 81.5 Å². The molecule has 3 rings (SSSR count). The summed E-state index contributed by atoms with van der Waals surface area (Å²) < 4.78 is 5.20. The van der Waals surface area contributed by atoms with E-state index in [0.717, 1.165) is 22.7 Å². The highest BCUT2D eigenvalue weighted by Gasteiger charge is 2.39. The normalized spacial score (nSPS) is 17.8. The first-order valence-electron chi connectivity index (χ1n) is 8.66. The fourth-order valence-electron chi connectivity index (χ4n) is 3.76. The summed E-state index contributed by atoms with van der Waals surface area (Å²) in [6, 6.07) is 15.8. The van der Waals surface area contributed by atoms with Crippen molar-refractivity contribution in [1.82, 2.24) is 0 Å². The highest BCUT2D eigenvalue weighted by Crippen LogP contribution is 2.47. The second-order valence-electron chi connectivity index (χ2n) is 7.15. The summed E-state index contributed by atoms with van der Waals surface area (Å²) in [5.74, 6) is 0.439. The lowest BCUT2D eigenvalue weighted by Gasteiger charge is -2.26. The molecule has 2 aromatic rings. The molecule has 5 nitrogen and oxygen atoms in total. The average molecular weight is 352 g/mol. The van der Waals surface area contributed by atoms with Crippen LogP contribution in [0.4, 0.5) is 5.69 Å². The van der Waals surface area contributed by atoms with Gasteiger partial charge in [0, 0.05) is 28.8 Å². The van der Waals surface area contributed by atoms with Crippen LogP contribution in [0.5, 0.6) is 5.75 Å². The van der Waals surface area contributed by atoms with Crippen molar-refractivity contribution in [3.63, 3.8) is 0 Å². The maximum absolute atomic E-state index is 11.3. The smallest absolute Gasteiger partial charge is 0.214 e. The molecule has 1 heterocycles. The van der Waals surface area contributed by atoms with Crippen molar-refractivity contribution in [1.29, 1.82) is 0 Å². The van der Waals surface area contributed by atoms with Gasteiger partial charge in [0.15, 0.2) is 0 Å². The van der Waals surface area contributed by atoms with E-state index in [2.05, 4.69) is 30.9 Å². The summed E-state index contributed by atoms with van der Waals surface area (Å²) in [7, 11) is 3.63. The van der Waals surface area contributed by atoms with E-state index in [4.69, 9.17) is 4.74 Å². The predicted molar refractivity (Wildman–Crippen MR) is 104 cm³/mol. The van der Waals surface area contributed by atoms with Crippen molar-refractivity contribution >= 4 is 5.69 Å². The molecule has 0 bridgehead atoms. The molecule has 2 aromatic carbocycles. The van der Waals surface area contributed by atoms with Crippen molar-refractivity contribution < 1.29 is 9.66 Å². The third-order valence-corrected chi connectivity index (χ3v) is 5.19. The molecule has 0 fully saturated rings. The molecule has 5 heteroatoms. The zero-order valence-electron chi connectivity index (χ0n) is 15.6. The summed E-state index contributed by atoms with van der Waals surface area (Å²) in [4.78, 5) is 13.2. The van der Waals surface area contributed by atoms with Crippen molar-refractivity contribution in [2.24, 2.45) is 0 Å². The molecule has 1 aliphatic heterocycles. The average Bonchev–Trinajstić information content (AvgIpc) is 2.82. The Morgan fingerprint density at radius 3 is 2.42 bits per heavy atom. The van der Waals surface area contributed by atoms with E-state index in [1.807, 2.05) is 49.5 Å². The summed E-state index contributed by atoms with van der Waals surface area (Å²) in [6.45, 7) is 4.19. The molecular weight excluding hydrogens is 328 g/mol. The van der Waals surface area contributed by atoms with E-state index in [-0.39, 0.29) is 22.8 Å². The van der Waals surface area contributed by atoms with Gasteiger partial charge in [0.2, 0.25) is 6.54 Å². The van der Waals surface area contributed by atoms with Crippen molar-refractivity contribution in [2.75, 3.05) is 25.6 Å². The Kier molecular flexibility index (Phi) is 4.72. The monoisotopic (exact) mass is 352 g/mol. The number of methoxy groups -OCH3 is 1. The van der Waals surface area contributed by atoms with Gasteiger partial charge < -0.3 is 9.64 Å². The van der Waals surface area contributed by atoms with Gasteiger partial charge in [-0.2, -0.15) is 0 Å². The quantitative estimate of drug-likeness (QED) is 0.592. The SMILES string of the molecule is COc1ccc([C@H](/C=C2\N(C)c3ccccc3C2(C)C)C[N+](=O)[O-])cc1. The third kappa shape index (κ3) is 3.17. The van der Waals surface area contributed by atoms with Gasteiger partial charge in [-0.1, -0.05) is 50.3 Å². The topological polar surface area (TPSA) is 55.6 Å². The van der Waals surface area contributed by atoms with Crippen LogP contribution in [0, 0.1) is 10.1 Å². The summed E-state index contributed by atoms with van der Waals surface area (Å²) in [6.07, 6.45) is 2.05. The Balaban J connectivity index is 2.04. The number of nitrogens with zero attached hydrogens (tertiary/aromatic N) is 2. The zero-order chi connectivity index (χ0) is 18.9. The van der Waals surface area contributed by atoms with Crippen LogP contribution >= 0.6 is 0 Å². The number of para-hydroxylation sites is 1. The number of benzene rings is 2. The van der Waals surface area contributed by atoms with Gasteiger partial charge >= 0.3 is 0 Å². The lowest BCUT2D eigenvalue weighted by Crippen LogP contribution is -2.25. The molecule has 0 unspecified atom stereocenters. The molecule has 0 spiro atoms. The molecule has 0 N–H and O–H groups in total. The van der Waals surface area contributed by atoms with Crippen molar-refractivity contribution in [3.8, 4) is 5.75 Å². The number of rotatable bonds is 5. The van der Waals surface area contributed by atoms with Crippen LogP contribution in [0.2, 0.25) is 0 Å². The van der Waals surface area contributed by atoms with Crippen LogP contribution in [-0.4, -0.2) is 25.6 Å². The fraction of sp³-hybridized carbons (Fsp3) is 0.333. The number of hydrogen-bond acceptors (Lipinski definition) is 4. The summed E-state index contributed by atoms with van der Waals surface area (Å²) in [5.41, 5.74) is 4.19. The van der Waals surface area contributed by atoms with Crippen LogP contribution in [0.25, 0.3) is 0 Å². The van der Waals surface area contributed by atoms with Crippen LogP contribution < -0.4 is 9.64 Å². The van der Waals surface area contributed by atoms with E-state index in [1.54, 1.807) is 7.11 Å². The van der Waals surface area contributed by atoms with Gasteiger partial charge in [-0.25, -0.2) is 0 Å². The maximum atomic E-state index is 11.3. The van der Waals surface area contributed by atoms with Crippen molar-refractivity contribution in [2.45, 2.75) is 25.2 Å². The zero-order valence-corrected chi connectivity index (χ0v) is 15.6.